The molecule has 0 aliphatic heterocycles. The van der Waals surface area contributed by atoms with Crippen molar-refractivity contribution in [2.75, 3.05) is 14.2 Å². The van der Waals surface area contributed by atoms with Gasteiger partial charge in [-0.05, 0) is 24.7 Å². The largest absolute Gasteiger partial charge is 0.468 e. The van der Waals surface area contributed by atoms with Crippen molar-refractivity contribution < 1.29 is 19.1 Å². The second kappa shape index (κ2) is 9.82. The summed E-state index contributed by atoms with van der Waals surface area (Å²) in [6.07, 6.45) is 4.89. The highest BCUT2D eigenvalue weighted by Crippen LogP contribution is 2.20. The van der Waals surface area contributed by atoms with Crippen LogP contribution in [0, 0.1) is 17.8 Å². The van der Waals surface area contributed by atoms with E-state index in [0.717, 1.165) is 18.8 Å². The highest BCUT2D eigenvalue weighted by atomic mass is 16.5. The third-order valence-corrected chi connectivity index (χ3v) is 3.40. The fraction of sp³-hybridized carbons (Fsp3) is 0.867. The summed E-state index contributed by atoms with van der Waals surface area (Å²) < 4.78 is 9.28. The number of methoxy groups -OCH3 is 2. The predicted octanol–water partition coefficient (Wildman–Crippen LogP) is 3.19. The van der Waals surface area contributed by atoms with Gasteiger partial charge in [0.2, 0.25) is 0 Å². The van der Waals surface area contributed by atoms with Crippen molar-refractivity contribution in [1.29, 1.82) is 0 Å². The highest BCUT2D eigenvalue weighted by Gasteiger charge is 2.28. The van der Waals surface area contributed by atoms with Gasteiger partial charge in [0.05, 0.1) is 14.2 Å². The van der Waals surface area contributed by atoms with Gasteiger partial charge in [0, 0.05) is 0 Å². The molecule has 0 saturated carbocycles. The van der Waals surface area contributed by atoms with E-state index < -0.39 is 17.9 Å². The molecule has 112 valence electrons. The Kier molecular flexibility index (Phi) is 9.27. The Labute approximate surface area is 116 Å². The van der Waals surface area contributed by atoms with Crippen LogP contribution in [0.15, 0.2) is 0 Å². The second-order valence-corrected chi connectivity index (χ2v) is 5.61. The maximum absolute atomic E-state index is 11.5. The van der Waals surface area contributed by atoms with Gasteiger partial charge >= 0.3 is 11.9 Å². The van der Waals surface area contributed by atoms with Crippen molar-refractivity contribution in [3.63, 3.8) is 0 Å². The Morgan fingerprint density at radius 3 is 1.79 bits per heavy atom. The molecule has 0 fully saturated rings. The normalized spacial score (nSPS) is 12.6. The molecular weight excluding hydrogens is 244 g/mol. The van der Waals surface area contributed by atoms with Gasteiger partial charge in [-0.15, -0.1) is 0 Å². The van der Waals surface area contributed by atoms with Crippen molar-refractivity contribution in [2.24, 2.45) is 17.8 Å². The molecule has 0 N–H and O–H groups in total. The average Bonchev–Trinajstić information content (AvgIpc) is 2.37. The highest BCUT2D eigenvalue weighted by molar-refractivity contribution is 5.94. The molecule has 0 aromatic carbocycles. The SMILES string of the molecule is COC(=O)C(CC[C@@H](C)CCCC(C)C)C(=O)OC. The van der Waals surface area contributed by atoms with Crippen molar-refractivity contribution in [1.82, 2.24) is 0 Å². The number of carbonyl (C=O) groups excluding carboxylic acids is 2. The lowest BCUT2D eigenvalue weighted by molar-refractivity contribution is -0.159. The minimum Gasteiger partial charge on any atom is -0.468 e. The number of carbonyl (C=O) groups is 2. The van der Waals surface area contributed by atoms with Crippen LogP contribution in [0.3, 0.4) is 0 Å². The maximum atomic E-state index is 11.5. The molecule has 0 saturated heterocycles. The molecule has 0 bridgehead atoms. The summed E-state index contributed by atoms with van der Waals surface area (Å²) in [5, 5.41) is 0. The molecule has 0 radical (unpaired) electrons. The van der Waals surface area contributed by atoms with Gasteiger partial charge in [0.1, 0.15) is 0 Å². The minimum absolute atomic E-state index is 0.499. The first-order valence-electron chi connectivity index (χ1n) is 7.08. The standard InChI is InChI=1S/C15H28O4/c1-11(2)7-6-8-12(3)9-10-13(14(16)18-4)15(17)19-5/h11-13H,6-10H2,1-5H3/t12-/m0/s1. The van der Waals surface area contributed by atoms with E-state index in [2.05, 4.69) is 30.2 Å². The lowest BCUT2D eigenvalue weighted by Gasteiger charge is -2.16. The lowest BCUT2D eigenvalue weighted by atomic mass is 9.92. The summed E-state index contributed by atoms with van der Waals surface area (Å²) in [7, 11) is 2.59. The van der Waals surface area contributed by atoms with Gasteiger partial charge in [0.25, 0.3) is 0 Å². The van der Waals surface area contributed by atoms with Crippen LogP contribution in [-0.4, -0.2) is 26.2 Å². The van der Waals surface area contributed by atoms with Crippen molar-refractivity contribution in [3.8, 4) is 0 Å². The minimum atomic E-state index is -0.775. The van der Waals surface area contributed by atoms with E-state index in [-0.39, 0.29) is 0 Å². The summed E-state index contributed by atoms with van der Waals surface area (Å²) in [5.74, 6) is -0.536. The van der Waals surface area contributed by atoms with E-state index in [1.807, 2.05) is 0 Å². The van der Waals surface area contributed by atoms with Crippen LogP contribution in [-0.2, 0) is 19.1 Å². The van der Waals surface area contributed by atoms with Gasteiger partial charge < -0.3 is 9.47 Å². The van der Waals surface area contributed by atoms with Crippen molar-refractivity contribution in [3.05, 3.63) is 0 Å². The monoisotopic (exact) mass is 272 g/mol. The van der Waals surface area contributed by atoms with E-state index >= 15 is 0 Å². The van der Waals surface area contributed by atoms with Crippen molar-refractivity contribution in [2.45, 2.75) is 52.9 Å². The molecule has 0 unspecified atom stereocenters. The molecule has 19 heavy (non-hydrogen) atoms. The number of hydrogen-bond donors (Lipinski definition) is 0. The topological polar surface area (TPSA) is 52.6 Å². The fourth-order valence-electron chi connectivity index (χ4n) is 2.09. The van der Waals surface area contributed by atoms with Gasteiger partial charge in [-0.2, -0.15) is 0 Å². The Morgan fingerprint density at radius 1 is 0.842 bits per heavy atom. The van der Waals surface area contributed by atoms with E-state index in [0.29, 0.717) is 12.3 Å². The first-order valence-corrected chi connectivity index (χ1v) is 7.08. The lowest BCUT2D eigenvalue weighted by Crippen LogP contribution is -2.27. The smallest absolute Gasteiger partial charge is 0.320 e. The van der Waals surface area contributed by atoms with Crippen LogP contribution in [0.5, 0.6) is 0 Å². The van der Waals surface area contributed by atoms with Crippen LogP contribution in [0.25, 0.3) is 0 Å². The Bertz CT molecular complexity index is 257. The third-order valence-electron chi connectivity index (χ3n) is 3.40. The third kappa shape index (κ3) is 7.85. The molecule has 4 heteroatoms. The molecule has 0 spiro atoms. The zero-order valence-electron chi connectivity index (χ0n) is 12.9. The average molecular weight is 272 g/mol. The molecule has 0 rings (SSSR count). The zero-order valence-corrected chi connectivity index (χ0v) is 12.9. The summed E-state index contributed by atoms with van der Waals surface area (Å²) in [6, 6.07) is 0. The number of rotatable bonds is 9. The quantitative estimate of drug-likeness (QED) is 0.478. The first-order chi connectivity index (χ1) is 8.92. The Balaban J connectivity index is 4.10. The Morgan fingerprint density at radius 2 is 1.37 bits per heavy atom. The molecule has 0 aromatic rings. The van der Waals surface area contributed by atoms with E-state index in [1.165, 1.54) is 27.1 Å². The first kappa shape index (κ1) is 17.9. The Hall–Kier alpha value is -1.06. The van der Waals surface area contributed by atoms with Gasteiger partial charge in [0.15, 0.2) is 5.92 Å². The van der Waals surface area contributed by atoms with E-state index in [1.54, 1.807) is 0 Å². The molecule has 0 aliphatic carbocycles. The van der Waals surface area contributed by atoms with Crippen LogP contribution < -0.4 is 0 Å². The molecular formula is C15H28O4. The summed E-state index contributed by atoms with van der Waals surface area (Å²) in [4.78, 5) is 23.0. The van der Waals surface area contributed by atoms with Gasteiger partial charge in [-0.1, -0.05) is 40.0 Å². The zero-order chi connectivity index (χ0) is 14.8. The molecule has 0 aliphatic rings. The molecule has 0 aromatic heterocycles. The molecule has 4 nitrogen and oxygen atoms in total. The summed E-state index contributed by atoms with van der Waals surface area (Å²) >= 11 is 0. The second-order valence-electron chi connectivity index (χ2n) is 5.61. The molecule has 0 amide bonds. The van der Waals surface area contributed by atoms with Gasteiger partial charge in [-0.3, -0.25) is 9.59 Å². The predicted molar refractivity (Wildman–Crippen MR) is 74.6 cm³/mol. The summed E-state index contributed by atoms with van der Waals surface area (Å²) in [5.41, 5.74) is 0. The van der Waals surface area contributed by atoms with Crippen molar-refractivity contribution >= 4 is 11.9 Å². The molecule has 1 atom stereocenters. The van der Waals surface area contributed by atoms with Crippen LogP contribution >= 0.6 is 0 Å². The van der Waals surface area contributed by atoms with Crippen LogP contribution in [0.2, 0.25) is 0 Å². The maximum Gasteiger partial charge on any atom is 0.320 e. The van der Waals surface area contributed by atoms with Crippen LogP contribution in [0.4, 0.5) is 0 Å². The van der Waals surface area contributed by atoms with Gasteiger partial charge in [-0.25, -0.2) is 0 Å². The fourth-order valence-corrected chi connectivity index (χ4v) is 2.09. The number of esters is 2. The summed E-state index contributed by atoms with van der Waals surface area (Å²) in [6.45, 7) is 6.59. The van der Waals surface area contributed by atoms with E-state index in [9.17, 15) is 9.59 Å². The van der Waals surface area contributed by atoms with E-state index in [4.69, 9.17) is 0 Å². The molecule has 0 heterocycles. The number of ether oxygens (including phenoxy) is 2. The van der Waals surface area contributed by atoms with Crippen LogP contribution in [0.1, 0.15) is 52.9 Å². The number of hydrogen-bond acceptors (Lipinski definition) is 4.